The third-order valence-corrected chi connectivity index (χ3v) is 4.61. The number of piperidine rings is 1. The Labute approximate surface area is 149 Å². The van der Waals surface area contributed by atoms with E-state index >= 15 is 0 Å². The lowest BCUT2D eigenvalue weighted by atomic mass is 9.97. The predicted octanol–water partition coefficient (Wildman–Crippen LogP) is 3.37. The summed E-state index contributed by atoms with van der Waals surface area (Å²) in [7, 11) is 0. The highest BCUT2D eigenvalue weighted by molar-refractivity contribution is 5.76. The highest BCUT2D eigenvalue weighted by Crippen LogP contribution is 2.32. The molecule has 1 aromatic heterocycles. The van der Waals surface area contributed by atoms with Gasteiger partial charge in [0.15, 0.2) is 0 Å². The molecule has 2 heterocycles. The summed E-state index contributed by atoms with van der Waals surface area (Å²) in [5, 5.41) is 0. The van der Waals surface area contributed by atoms with Crippen LogP contribution in [0.3, 0.4) is 0 Å². The van der Waals surface area contributed by atoms with Gasteiger partial charge in [-0.15, -0.1) is 0 Å². The van der Waals surface area contributed by atoms with Crippen LogP contribution in [0.1, 0.15) is 29.9 Å². The molecule has 1 fully saturated rings. The van der Waals surface area contributed by atoms with E-state index < -0.39 is 11.7 Å². The Hall–Kier alpha value is -2.35. The van der Waals surface area contributed by atoms with E-state index in [1.54, 1.807) is 6.92 Å². The van der Waals surface area contributed by atoms with Crippen molar-refractivity contribution < 1.29 is 22.4 Å². The second-order valence-corrected chi connectivity index (χ2v) is 6.58. The second-order valence-electron chi connectivity index (χ2n) is 6.58. The molecule has 140 valence electrons. The van der Waals surface area contributed by atoms with Crippen molar-refractivity contribution in [1.29, 1.82) is 0 Å². The molecule has 1 aliphatic heterocycles. The maximum atomic E-state index is 12.9. The first-order chi connectivity index (χ1) is 12.2. The number of carbonyl (C=O) groups excluding carboxylic acids is 1. The molecule has 1 saturated heterocycles. The molecule has 0 saturated carbocycles. The van der Waals surface area contributed by atoms with Gasteiger partial charge < -0.3 is 10.2 Å². The highest BCUT2D eigenvalue weighted by Gasteiger charge is 2.31. The van der Waals surface area contributed by atoms with Gasteiger partial charge in [-0.3, -0.25) is 9.69 Å². The quantitative estimate of drug-likeness (QED) is 0.899. The zero-order valence-corrected chi connectivity index (χ0v) is 14.3. The molecule has 1 amide bonds. The molecular weight excluding hydrogens is 347 g/mol. The van der Waals surface area contributed by atoms with Crippen molar-refractivity contribution in [3.05, 3.63) is 41.3 Å². The van der Waals surface area contributed by atoms with Crippen LogP contribution in [0, 0.1) is 12.8 Å². The van der Waals surface area contributed by atoms with Crippen molar-refractivity contribution in [2.24, 2.45) is 11.7 Å². The van der Waals surface area contributed by atoms with Gasteiger partial charge in [-0.25, -0.2) is 4.98 Å². The number of hydrogen-bond acceptors (Lipinski definition) is 4. The third kappa shape index (κ3) is 4.07. The summed E-state index contributed by atoms with van der Waals surface area (Å²) in [4.78, 5) is 17.8. The third-order valence-electron chi connectivity index (χ3n) is 4.61. The van der Waals surface area contributed by atoms with Crippen LogP contribution in [0.25, 0.3) is 11.5 Å². The Balaban J connectivity index is 1.78. The number of halogens is 3. The summed E-state index contributed by atoms with van der Waals surface area (Å²) in [5.41, 5.74) is 5.58. The van der Waals surface area contributed by atoms with Gasteiger partial charge in [-0.05, 0) is 44.5 Å². The predicted molar refractivity (Wildman–Crippen MR) is 88.9 cm³/mol. The van der Waals surface area contributed by atoms with Crippen molar-refractivity contribution in [3.63, 3.8) is 0 Å². The van der Waals surface area contributed by atoms with Crippen LogP contribution in [0.2, 0.25) is 0 Å². The number of nitrogens with two attached hydrogens (primary N) is 1. The normalized spacial score (nSPS) is 18.8. The topological polar surface area (TPSA) is 72.4 Å². The monoisotopic (exact) mass is 367 g/mol. The van der Waals surface area contributed by atoms with Gasteiger partial charge in [-0.1, -0.05) is 6.07 Å². The number of aromatic nitrogens is 1. The van der Waals surface area contributed by atoms with Crippen LogP contribution in [0.15, 0.2) is 28.7 Å². The van der Waals surface area contributed by atoms with Gasteiger partial charge >= 0.3 is 6.18 Å². The molecule has 8 heteroatoms. The Bertz CT molecular complexity index is 801. The van der Waals surface area contributed by atoms with Crippen molar-refractivity contribution in [2.75, 3.05) is 13.1 Å². The summed E-state index contributed by atoms with van der Waals surface area (Å²) in [6.07, 6.45) is -2.78. The average molecular weight is 367 g/mol. The Kier molecular flexibility index (Phi) is 5.04. The first kappa shape index (κ1) is 18.4. The fourth-order valence-corrected chi connectivity index (χ4v) is 3.17. The molecule has 0 unspecified atom stereocenters. The molecule has 26 heavy (non-hydrogen) atoms. The molecular formula is C18H20F3N3O2. The number of amides is 1. The second kappa shape index (κ2) is 7.11. The lowest BCUT2D eigenvalue weighted by Gasteiger charge is -2.30. The molecule has 2 N–H and O–H groups in total. The number of aryl methyl sites for hydroxylation is 1. The lowest BCUT2D eigenvalue weighted by molar-refractivity contribution is -0.137. The number of likely N-dealkylation sites (tertiary alicyclic amines) is 1. The minimum absolute atomic E-state index is 0.159. The Morgan fingerprint density at radius 3 is 2.88 bits per heavy atom. The van der Waals surface area contributed by atoms with Crippen LogP contribution >= 0.6 is 0 Å². The van der Waals surface area contributed by atoms with Crippen LogP contribution in [-0.2, 0) is 17.5 Å². The molecule has 1 atom stereocenters. The summed E-state index contributed by atoms with van der Waals surface area (Å²) in [6.45, 7) is 3.57. The smallest absolute Gasteiger partial charge is 0.416 e. The van der Waals surface area contributed by atoms with E-state index in [0.717, 1.165) is 31.5 Å². The van der Waals surface area contributed by atoms with Crippen molar-refractivity contribution >= 4 is 5.91 Å². The van der Waals surface area contributed by atoms with Gasteiger partial charge in [-0.2, -0.15) is 13.2 Å². The summed E-state index contributed by atoms with van der Waals surface area (Å²) in [5.74, 6) is 0.223. The van der Waals surface area contributed by atoms with E-state index in [4.69, 9.17) is 10.2 Å². The van der Waals surface area contributed by atoms with Gasteiger partial charge in [0, 0.05) is 18.7 Å². The van der Waals surface area contributed by atoms with E-state index in [2.05, 4.69) is 9.88 Å². The van der Waals surface area contributed by atoms with E-state index in [1.165, 1.54) is 12.1 Å². The van der Waals surface area contributed by atoms with E-state index in [-0.39, 0.29) is 23.3 Å². The van der Waals surface area contributed by atoms with Crippen LogP contribution in [-0.4, -0.2) is 28.9 Å². The van der Waals surface area contributed by atoms with E-state index in [1.807, 2.05) is 0 Å². The molecule has 1 aromatic carbocycles. The molecule has 0 spiro atoms. The number of primary amides is 1. The fraction of sp³-hybridized carbons (Fsp3) is 0.444. The maximum Gasteiger partial charge on any atom is 0.416 e. The van der Waals surface area contributed by atoms with Crippen molar-refractivity contribution in [3.8, 4) is 11.5 Å². The zero-order chi connectivity index (χ0) is 18.9. The fourth-order valence-electron chi connectivity index (χ4n) is 3.17. The molecule has 0 aliphatic carbocycles. The molecule has 1 aliphatic rings. The first-order valence-corrected chi connectivity index (χ1v) is 8.39. The number of carbonyl (C=O) groups is 1. The molecule has 5 nitrogen and oxygen atoms in total. The summed E-state index contributed by atoms with van der Waals surface area (Å²) < 4.78 is 44.2. The number of rotatable bonds is 4. The summed E-state index contributed by atoms with van der Waals surface area (Å²) >= 11 is 0. The number of benzene rings is 1. The summed E-state index contributed by atoms with van der Waals surface area (Å²) in [6, 6.07) is 4.91. The standard InChI is InChI=1S/C18H20F3N3O2/c1-11-15(10-24-7-3-5-13(9-24)16(22)25)23-17(26-11)12-4-2-6-14(8-12)18(19,20)21/h2,4,6,8,13H,3,5,7,9-10H2,1H3,(H2,22,25)/t13-/m0/s1. The largest absolute Gasteiger partial charge is 0.441 e. The lowest BCUT2D eigenvalue weighted by Crippen LogP contribution is -2.40. The molecule has 0 radical (unpaired) electrons. The van der Waals surface area contributed by atoms with Gasteiger partial charge in [0.1, 0.15) is 5.76 Å². The maximum absolute atomic E-state index is 12.9. The van der Waals surface area contributed by atoms with E-state index in [0.29, 0.717) is 24.5 Å². The van der Waals surface area contributed by atoms with Crippen molar-refractivity contribution in [1.82, 2.24) is 9.88 Å². The SMILES string of the molecule is Cc1oc(-c2cccc(C(F)(F)F)c2)nc1CN1CCC[C@H](C(N)=O)C1. The number of alkyl halides is 3. The van der Waals surface area contributed by atoms with Crippen LogP contribution < -0.4 is 5.73 Å². The minimum atomic E-state index is -4.42. The van der Waals surface area contributed by atoms with Crippen LogP contribution in [0.5, 0.6) is 0 Å². The average Bonchev–Trinajstić information content (AvgIpc) is 2.95. The molecule has 0 bridgehead atoms. The van der Waals surface area contributed by atoms with Crippen LogP contribution in [0.4, 0.5) is 13.2 Å². The van der Waals surface area contributed by atoms with Crippen molar-refractivity contribution in [2.45, 2.75) is 32.5 Å². The number of hydrogen-bond donors (Lipinski definition) is 1. The number of oxazole rings is 1. The van der Waals surface area contributed by atoms with Gasteiger partial charge in [0.2, 0.25) is 11.8 Å². The minimum Gasteiger partial charge on any atom is -0.441 e. The zero-order valence-electron chi connectivity index (χ0n) is 14.3. The molecule has 3 rings (SSSR count). The van der Waals surface area contributed by atoms with Gasteiger partial charge in [0.25, 0.3) is 0 Å². The van der Waals surface area contributed by atoms with Gasteiger partial charge in [0.05, 0.1) is 17.2 Å². The Morgan fingerprint density at radius 1 is 1.42 bits per heavy atom. The Morgan fingerprint density at radius 2 is 2.19 bits per heavy atom. The number of nitrogens with zero attached hydrogens (tertiary/aromatic N) is 2. The highest BCUT2D eigenvalue weighted by atomic mass is 19.4. The van der Waals surface area contributed by atoms with E-state index in [9.17, 15) is 18.0 Å². The first-order valence-electron chi connectivity index (χ1n) is 8.39. The molecule has 2 aromatic rings.